The average molecular weight is 319 g/mol. The van der Waals surface area contributed by atoms with Gasteiger partial charge in [-0.2, -0.15) is 0 Å². The lowest BCUT2D eigenvalue weighted by molar-refractivity contribution is -0.383. The standard InChI is InChI=1S/C15H17N3O5/c16-11-2-1-9(7-12(11)18(22)23)13(19)17-5-3-15(4-6-17)8-10(15)14(20)21/h1-2,7,10H,3-6,8,16H2,(H,20,21). The summed E-state index contributed by atoms with van der Waals surface area (Å²) in [5.74, 6) is -1.34. The van der Waals surface area contributed by atoms with Crippen LogP contribution in [-0.4, -0.2) is 39.9 Å². The Labute approximate surface area is 132 Å². The zero-order valence-electron chi connectivity index (χ0n) is 12.4. The van der Waals surface area contributed by atoms with Crippen LogP contribution in [0.3, 0.4) is 0 Å². The second-order valence-corrected chi connectivity index (χ2v) is 6.28. The van der Waals surface area contributed by atoms with Gasteiger partial charge in [0.25, 0.3) is 11.6 Å². The number of anilines is 1. The Balaban J connectivity index is 1.70. The molecule has 1 heterocycles. The molecule has 8 heteroatoms. The van der Waals surface area contributed by atoms with Crippen molar-refractivity contribution < 1.29 is 19.6 Å². The van der Waals surface area contributed by atoms with Gasteiger partial charge in [0.05, 0.1) is 10.8 Å². The minimum absolute atomic E-state index is 0.0198. The number of piperidine rings is 1. The Morgan fingerprint density at radius 3 is 2.52 bits per heavy atom. The van der Waals surface area contributed by atoms with Crippen LogP contribution in [0.4, 0.5) is 11.4 Å². The number of carbonyl (C=O) groups is 2. The summed E-state index contributed by atoms with van der Waals surface area (Å²) in [5, 5.41) is 20.0. The van der Waals surface area contributed by atoms with Crippen molar-refractivity contribution in [2.24, 2.45) is 11.3 Å². The van der Waals surface area contributed by atoms with Crippen molar-refractivity contribution in [3.05, 3.63) is 33.9 Å². The predicted octanol–water partition coefficient (Wildman–Crippen LogP) is 1.50. The van der Waals surface area contributed by atoms with Crippen molar-refractivity contribution in [2.45, 2.75) is 19.3 Å². The van der Waals surface area contributed by atoms with Crippen molar-refractivity contribution >= 4 is 23.3 Å². The Morgan fingerprint density at radius 1 is 1.35 bits per heavy atom. The predicted molar refractivity (Wildman–Crippen MR) is 80.8 cm³/mol. The maximum Gasteiger partial charge on any atom is 0.307 e. The highest BCUT2D eigenvalue weighted by molar-refractivity contribution is 5.95. The quantitative estimate of drug-likeness (QED) is 0.494. The van der Waals surface area contributed by atoms with Crippen LogP contribution in [0, 0.1) is 21.4 Å². The molecule has 1 unspecified atom stereocenters. The molecular formula is C15H17N3O5. The lowest BCUT2D eigenvalue weighted by Crippen LogP contribution is -2.40. The molecule has 1 atom stereocenters. The summed E-state index contributed by atoms with van der Waals surface area (Å²) >= 11 is 0. The molecule has 0 aromatic heterocycles. The van der Waals surface area contributed by atoms with Gasteiger partial charge in [0.2, 0.25) is 0 Å². The van der Waals surface area contributed by atoms with Crippen LogP contribution >= 0.6 is 0 Å². The SMILES string of the molecule is Nc1ccc(C(=O)N2CCC3(CC2)CC3C(=O)O)cc1[N+](=O)[O-]. The number of nitrogens with zero attached hydrogens (tertiary/aromatic N) is 2. The van der Waals surface area contributed by atoms with Gasteiger partial charge in [0.1, 0.15) is 5.69 Å². The van der Waals surface area contributed by atoms with Crippen LogP contribution in [0.2, 0.25) is 0 Å². The number of nitrogen functional groups attached to an aromatic ring is 1. The molecule has 1 saturated heterocycles. The zero-order chi connectivity index (χ0) is 16.8. The van der Waals surface area contributed by atoms with Crippen LogP contribution in [0.15, 0.2) is 18.2 Å². The van der Waals surface area contributed by atoms with Crippen molar-refractivity contribution in [3.8, 4) is 0 Å². The van der Waals surface area contributed by atoms with Crippen molar-refractivity contribution in [2.75, 3.05) is 18.8 Å². The molecule has 23 heavy (non-hydrogen) atoms. The summed E-state index contributed by atoms with van der Waals surface area (Å²) in [6.45, 7) is 0.946. The third-order valence-electron chi connectivity index (χ3n) is 5.01. The van der Waals surface area contributed by atoms with Gasteiger partial charge in [-0.15, -0.1) is 0 Å². The highest BCUT2D eigenvalue weighted by Crippen LogP contribution is 2.59. The third kappa shape index (κ3) is 2.60. The summed E-state index contributed by atoms with van der Waals surface area (Å²) < 4.78 is 0. The molecule has 8 nitrogen and oxygen atoms in total. The normalized spacial score (nSPS) is 21.9. The molecular weight excluding hydrogens is 302 g/mol. The molecule has 0 radical (unpaired) electrons. The Bertz CT molecular complexity index is 694. The van der Waals surface area contributed by atoms with Gasteiger partial charge < -0.3 is 15.7 Å². The highest BCUT2D eigenvalue weighted by Gasteiger charge is 2.59. The molecule has 3 rings (SSSR count). The second-order valence-electron chi connectivity index (χ2n) is 6.28. The number of likely N-dealkylation sites (tertiary alicyclic amines) is 1. The van der Waals surface area contributed by atoms with Crippen LogP contribution in [0.25, 0.3) is 0 Å². The summed E-state index contributed by atoms with van der Waals surface area (Å²) in [6.07, 6.45) is 2.00. The summed E-state index contributed by atoms with van der Waals surface area (Å²) in [4.78, 5) is 35.4. The van der Waals surface area contributed by atoms with Crippen molar-refractivity contribution in [1.29, 1.82) is 0 Å². The van der Waals surface area contributed by atoms with E-state index in [9.17, 15) is 19.7 Å². The Hall–Kier alpha value is -2.64. The van der Waals surface area contributed by atoms with E-state index >= 15 is 0 Å². The van der Waals surface area contributed by atoms with Crippen LogP contribution < -0.4 is 5.73 Å². The van der Waals surface area contributed by atoms with Crippen LogP contribution in [-0.2, 0) is 4.79 Å². The maximum absolute atomic E-state index is 12.5. The summed E-state index contributed by atoms with van der Waals surface area (Å²) in [7, 11) is 0. The molecule has 1 saturated carbocycles. The minimum atomic E-state index is -0.765. The van der Waals surface area contributed by atoms with E-state index in [0.717, 1.165) is 0 Å². The molecule has 2 fully saturated rings. The van der Waals surface area contributed by atoms with Gasteiger partial charge in [-0.1, -0.05) is 0 Å². The molecule has 122 valence electrons. The van der Waals surface area contributed by atoms with Crippen molar-refractivity contribution in [1.82, 2.24) is 4.90 Å². The monoisotopic (exact) mass is 319 g/mol. The lowest BCUT2D eigenvalue weighted by Gasteiger charge is -2.32. The lowest BCUT2D eigenvalue weighted by atomic mass is 9.90. The van der Waals surface area contributed by atoms with Gasteiger partial charge in [-0.3, -0.25) is 19.7 Å². The van der Waals surface area contributed by atoms with Gasteiger partial charge >= 0.3 is 5.97 Å². The largest absolute Gasteiger partial charge is 0.481 e. The number of nitrogens with two attached hydrogens (primary N) is 1. The summed E-state index contributed by atoms with van der Waals surface area (Å²) in [6, 6.07) is 4.03. The van der Waals surface area contributed by atoms with E-state index < -0.39 is 10.9 Å². The first kappa shape index (κ1) is 15.3. The number of nitro benzene ring substituents is 1. The number of hydrogen-bond acceptors (Lipinski definition) is 5. The molecule has 0 bridgehead atoms. The number of rotatable bonds is 3. The smallest absolute Gasteiger partial charge is 0.307 e. The number of nitro groups is 1. The molecule has 2 aliphatic rings. The molecule has 1 amide bonds. The van der Waals surface area contributed by atoms with Crippen LogP contribution in [0.5, 0.6) is 0 Å². The van der Waals surface area contributed by atoms with E-state index in [4.69, 9.17) is 10.8 Å². The Morgan fingerprint density at radius 2 is 2.00 bits per heavy atom. The fraction of sp³-hybridized carbons (Fsp3) is 0.467. The first-order chi connectivity index (χ1) is 10.8. The third-order valence-corrected chi connectivity index (χ3v) is 5.01. The maximum atomic E-state index is 12.5. The Kier molecular flexibility index (Phi) is 3.46. The number of carboxylic acid groups (broad SMARTS) is 1. The van der Waals surface area contributed by atoms with E-state index in [-0.39, 0.29) is 34.2 Å². The first-order valence-corrected chi connectivity index (χ1v) is 7.40. The number of carbonyl (C=O) groups excluding carboxylic acids is 1. The number of amides is 1. The minimum Gasteiger partial charge on any atom is -0.481 e. The fourth-order valence-electron chi connectivity index (χ4n) is 3.42. The number of aliphatic carboxylic acids is 1. The molecule has 1 aromatic carbocycles. The first-order valence-electron chi connectivity index (χ1n) is 7.40. The van der Waals surface area contributed by atoms with Gasteiger partial charge in [0, 0.05) is 24.7 Å². The van der Waals surface area contributed by atoms with Gasteiger partial charge in [-0.25, -0.2) is 0 Å². The fourth-order valence-corrected chi connectivity index (χ4v) is 3.42. The number of benzene rings is 1. The van der Waals surface area contributed by atoms with E-state index in [1.54, 1.807) is 4.90 Å². The van der Waals surface area contributed by atoms with E-state index in [1.165, 1.54) is 18.2 Å². The average Bonchev–Trinajstić information content (AvgIpc) is 3.21. The molecule has 1 aliphatic carbocycles. The molecule has 1 spiro atoms. The molecule has 1 aromatic rings. The van der Waals surface area contributed by atoms with E-state index in [2.05, 4.69) is 0 Å². The number of carboxylic acids is 1. The number of hydrogen-bond donors (Lipinski definition) is 2. The zero-order valence-corrected chi connectivity index (χ0v) is 12.4. The van der Waals surface area contributed by atoms with Gasteiger partial charge in [0.15, 0.2) is 0 Å². The second kappa shape index (κ2) is 5.22. The summed E-state index contributed by atoms with van der Waals surface area (Å²) in [5.41, 5.74) is 5.35. The van der Waals surface area contributed by atoms with E-state index in [0.29, 0.717) is 32.4 Å². The topological polar surface area (TPSA) is 127 Å². The highest BCUT2D eigenvalue weighted by atomic mass is 16.6. The van der Waals surface area contributed by atoms with E-state index in [1.807, 2.05) is 0 Å². The molecule has 3 N–H and O–H groups in total. The molecule has 1 aliphatic heterocycles. The van der Waals surface area contributed by atoms with Gasteiger partial charge in [-0.05, 0) is 36.8 Å². The van der Waals surface area contributed by atoms with Crippen LogP contribution in [0.1, 0.15) is 29.6 Å². The van der Waals surface area contributed by atoms with Crippen molar-refractivity contribution in [3.63, 3.8) is 0 Å².